The Morgan fingerprint density at radius 1 is 1.08 bits per heavy atom. The van der Waals surface area contributed by atoms with E-state index >= 15 is 0 Å². The first-order valence-electron chi connectivity index (χ1n) is 9.90. The van der Waals surface area contributed by atoms with E-state index in [0.717, 1.165) is 45.9 Å². The number of piperidine rings is 1. The normalized spacial score (nSPS) is 23.2. The third-order valence-electron chi connectivity index (χ3n) is 5.75. The highest BCUT2D eigenvalue weighted by molar-refractivity contribution is 5.77. The molecular weight excluding hydrogens is 318 g/mol. The quantitative estimate of drug-likeness (QED) is 0.591. The van der Waals surface area contributed by atoms with Crippen molar-refractivity contribution in [1.82, 2.24) is 14.7 Å². The lowest BCUT2D eigenvalue weighted by molar-refractivity contribution is -0.136. The van der Waals surface area contributed by atoms with E-state index in [-0.39, 0.29) is 12.5 Å². The van der Waals surface area contributed by atoms with Crippen LogP contribution in [0, 0.1) is 5.92 Å². The Labute approximate surface area is 153 Å². The van der Waals surface area contributed by atoms with Crippen LogP contribution in [0.3, 0.4) is 0 Å². The molecule has 1 amide bonds. The highest BCUT2D eigenvalue weighted by Crippen LogP contribution is 2.22. The fourth-order valence-electron chi connectivity index (χ4n) is 4.19. The maximum absolute atomic E-state index is 12.6. The molecule has 2 heterocycles. The van der Waals surface area contributed by atoms with Crippen LogP contribution in [0.2, 0.25) is 0 Å². The van der Waals surface area contributed by atoms with Crippen molar-refractivity contribution in [1.29, 1.82) is 0 Å². The SMILES string of the molecule is CCN1CCCC1CN(CC1CCN(CCOC)CC1)C(=O)COC. The number of likely N-dealkylation sites (tertiary alicyclic amines) is 2. The zero-order valence-electron chi connectivity index (χ0n) is 16.4. The average Bonchev–Trinajstić information content (AvgIpc) is 3.08. The standard InChI is InChI=1S/C19H37N3O3/c1-4-21-9-5-6-18(21)15-22(19(23)16-25-3)14-17-7-10-20(11-8-17)12-13-24-2/h17-18H,4-16H2,1-3H3. The Morgan fingerprint density at radius 3 is 2.48 bits per heavy atom. The number of hydrogen-bond acceptors (Lipinski definition) is 5. The zero-order chi connectivity index (χ0) is 18.1. The lowest BCUT2D eigenvalue weighted by Gasteiger charge is -2.36. The first kappa shape index (κ1) is 20.6. The van der Waals surface area contributed by atoms with Gasteiger partial charge < -0.3 is 19.3 Å². The molecule has 2 fully saturated rings. The molecule has 0 aromatic rings. The van der Waals surface area contributed by atoms with Crippen molar-refractivity contribution in [2.24, 2.45) is 5.92 Å². The first-order valence-corrected chi connectivity index (χ1v) is 9.90. The summed E-state index contributed by atoms with van der Waals surface area (Å²) in [5.74, 6) is 0.753. The van der Waals surface area contributed by atoms with Crippen molar-refractivity contribution >= 4 is 5.91 Å². The van der Waals surface area contributed by atoms with Gasteiger partial charge in [-0.05, 0) is 57.8 Å². The molecule has 25 heavy (non-hydrogen) atoms. The van der Waals surface area contributed by atoms with E-state index in [1.807, 2.05) is 0 Å². The summed E-state index contributed by atoms with van der Waals surface area (Å²) in [5.41, 5.74) is 0. The van der Waals surface area contributed by atoms with Gasteiger partial charge >= 0.3 is 0 Å². The van der Waals surface area contributed by atoms with Crippen LogP contribution in [0.4, 0.5) is 0 Å². The predicted molar refractivity (Wildman–Crippen MR) is 99.8 cm³/mol. The number of carbonyl (C=O) groups is 1. The van der Waals surface area contributed by atoms with Gasteiger partial charge in [-0.3, -0.25) is 9.69 Å². The summed E-state index contributed by atoms with van der Waals surface area (Å²) in [4.78, 5) is 19.6. The minimum atomic E-state index is 0.146. The Bertz CT molecular complexity index is 386. The van der Waals surface area contributed by atoms with E-state index in [9.17, 15) is 4.79 Å². The topological polar surface area (TPSA) is 45.2 Å². The third-order valence-corrected chi connectivity index (χ3v) is 5.75. The summed E-state index contributed by atoms with van der Waals surface area (Å²) >= 11 is 0. The Kier molecular flexibility index (Phi) is 9.17. The molecule has 2 aliphatic rings. The summed E-state index contributed by atoms with van der Waals surface area (Å²) < 4.78 is 10.3. The maximum Gasteiger partial charge on any atom is 0.248 e. The van der Waals surface area contributed by atoms with Crippen molar-refractivity contribution in [3.8, 4) is 0 Å². The molecule has 1 unspecified atom stereocenters. The van der Waals surface area contributed by atoms with Crippen LogP contribution in [0.15, 0.2) is 0 Å². The minimum absolute atomic E-state index is 0.146. The molecule has 0 radical (unpaired) electrons. The summed E-state index contributed by atoms with van der Waals surface area (Å²) in [6.45, 7) is 10.5. The van der Waals surface area contributed by atoms with Crippen LogP contribution in [0.25, 0.3) is 0 Å². The van der Waals surface area contributed by atoms with Crippen molar-refractivity contribution in [2.75, 3.05) is 73.2 Å². The molecule has 1 atom stereocenters. The van der Waals surface area contributed by atoms with E-state index < -0.39 is 0 Å². The summed E-state index contributed by atoms with van der Waals surface area (Å²) in [6, 6.07) is 0.521. The van der Waals surface area contributed by atoms with Crippen molar-refractivity contribution in [3.05, 3.63) is 0 Å². The maximum atomic E-state index is 12.6. The number of methoxy groups -OCH3 is 2. The smallest absolute Gasteiger partial charge is 0.248 e. The molecule has 2 saturated heterocycles. The van der Waals surface area contributed by atoms with Crippen LogP contribution < -0.4 is 0 Å². The molecule has 0 saturated carbocycles. The fourth-order valence-corrected chi connectivity index (χ4v) is 4.19. The molecule has 6 nitrogen and oxygen atoms in total. The van der Waals surface area contributed by atoms with Crippen LogP contribution in [0.5, 0.6) is 0 Å². The largest absolute Gasteiger partial charge is 0.383 e. The Balaban J connectivity index is 1.85. The lowest BCUT2D eigenvalue weighted by Crippen LogP contribution is -2.47. The molecule has 0 aliphatic carbocycles. The summed E-state index contributed by atoms with van der Waals surface area (Å²) in [5, 5.41) is 0. The number of hydrogen-bond donors (Lipinski definition) is 0. The van der Waals surface area contributed by atoms with Crippen LogP contribution in [-0.2, 0) is 14.3 Å². The Hall–Kier alpha value is -0.690. The second-order valence-electron chi connectivity index (χ2n) is 7.43. The number of likely N-dealkylation sites (N-methyl/N-ethyl adjacent to an activating group) is 1. The van der Waals surface area contributed by atoms with Crippen LogP contribution in [-0.4, -0.2) is 99.9 Å². The second-order valence-corrected chi connectivity index (χ2v) is 7.43. The number of rotatable bonds is 10. The molecular formula is C19H37N3O3. The van der Waals surface area contributed by atoms with Gasteiger partial charge in [0.2, 0.25) is 5.91 Å². The zero-order valence-corrected chi connectivity index (χ0v) is 16.4. The summed E-state index contributed by atoms with van der Waals surface area (Å²) in [7, 11) is 3.37. The van der Waals surface area contributed by atoms with Gasteiger partial charge in [-0.25, -0.2) is 0 Å². The van der Waals surface area contributed by atoms with Gasteiger partial charge in [-0.1, -0.05) is 6.92 Å². The van der Waals surface area contributed by atoms with Crippen molar-refractivity contribution in [2.45, 2.75) is 38.6 Å². The number of nitrogens with zero attached hydrogens (tertiary/aromatic N) is 3. The molecule has 0 spiro atoms. The highest BCUT2D eigenvalue weighted by atomic mass is 16.5. The van der Waals surface area contributed by atoms with Gasteiger partial charge in [0.15, 0.2) is 0 Å². The molecule has 0 aromatic heterocycles. The predicted octanol–water partition coefficient (Wildman–Crippen LogP) is 1.30. The van der Waals surface area contributed by atoms with Gasteiger partial charge in [0.25, 0.3) is 0 Å². The van der Waals surface area contributed by atoms with E-state index in [1.165, 1.54) is 32.2 Å². The molecule has 146 valence electrons. The fraction of sp³-hybridized carbons (Fsp3) is 0.947. The van der Waals surface area contributed by atoms with Gasteiger partial charge in [0, 0.05) is 39.9 Å². The molecule has 6 heteroatoms. The van der Waals surface area contributed by atoms with Gasteiger partial charge in [-0.15, -0.1) is 0 Å². The molecule has 2 aliphatic heterocycles. The highest BCUT2D eigenvalue weighted by Gasteiger charge is 2.29. The van der Waals surface area contributed by atoms with E-state index in [0.29, 0.717) is 12.0 Å². The monoisotopic (exact) mass is 355 g/mol. The molecule has 0 N–H and O–H groups in total. The third kappa shape index (κ3) is 6.51. The molecule has 0 aromatic carbocycles. The average molecular weight is 356 g/mol. The van der Waals surface area contributed by atoms with Crippen molar-refractivity contribution in [3.63, 3.8) is 0 Å². The molecule has 2 rings (SSSR count). The molecule has 0 bridgehead atoms. The Morgan fingerprint density at radius 2 is 1.84 bits per heavy atom. The number of amides is 1. The van der Waals surface area contributed by atoms with Crippen LogP contribution in [0.1, 0.15) is 32.6 Å². The van der Waals surface area contributed by atoms with Gasteiger partial charge in [0.1, 0.15) is 6.61 Å². The van der Waals surface area contributed by atoms with Gasteiger partial charge in [0.05, 0.1) is 6.61 Å². The second kappa shape index (κ2) is 11.1. The van der Waals surface area contributed by atoms with Gasteiger partial charge in [-0.2, -0.15) is 0 Å². The first-order chi connectivity index (χ1) is 12.2. The van der Waals surface area contributed by atoms with Crippen LogP contribution >= 0.6 is 0 Å². The van der Waals surface area contributed by atoms with Crippen molar-refractivity contribution < 1.29 is 14.3 Å². The summed E-state index contributed by atoms with van der Waals surface area (Å²) in [6.07, 6.45) is 4.80. The lowest BCUT2D eigenvalue weighted by atomic mass is 9.96. The minimum Gasteiger partial charge on any atom is -0.383 e. The number of carbonyl (C=O) groups excluding carboxylic acids is 1. The van der Waals surface area contributed by atoms with E-state index in [2.05, 4.69) is 21.6 Å². The van der Waals surface area contributed by atoms with E-state index in [1.54, 1.807) is 14.2 Å². The number of ether oxygens (including phenoxy) is 2. The van der Waals surface area contributed by atoms with E-state index in [4.69, 9.17) is 9.47 Å².